The molecule has 0 radical (unpaired) electrons. The first kappa shape index (κ1) is 21.1. The fraction of sp³-hybridized carbons (Fsp3) is 0.280. The van der Waals surface area contributed by atoms with E-state index in [0.717, 1.165) is 49.0 Å². The summed E-state index contributed by atoms with van der Waals surface area (Å²) in [4.78, 5) is 25.3. The van der Waals surface area contributed by atoms with E-state index in [1.54, 1.807) is 25.7 Å². The van der Waals surface area contributed by atoms with Gasteiger partial charge in [-0.25, -0.2) is 9.97 Å². The molecule has 2 aliphatic heterocycles. The predicted octanol–water partition coefficient (Wildman–Crippen LogP) is 3.57. The molecule has 1 fully saturated rings. The van der Waals surface area contributed by atoms with Gasteiger partial charge in [0.15, 0.2) is 0 Å². The minimum Gasteiger partial charge on any atom is -0.480 e. The molecule has 3 aromatic rings. The van der Waals surface area contributed by atoms with Crippen LogP contribution in [0.5, 0.6) is 5.88 Å². The summed E-state index contributed by atoms with van der Waals surface area (Å²) in [5.41, 5.74) is 5.20. The maximum Gasteiger partial charge on any atom is 0.232 e. The number of hydrogen-bond acceptors (Lipinski definition) is 8. The van der Waals surface area contributed by atoms with Gasteiger partial charge in [-0.05, 0) is 73.5 Å². The van der Waals surface area contributed by atoms with Gasteiger partial charge in [-0.3, -0.25) is 4.98 Å². The van der Waals surface area contributed by atoms with Gasteiger partial charge in [-0.1, -0.05) is 12.1 Å². The first-order valence-corrected chi connectivity index (χ1v) is 11.1. The van der Waals surface area contributed by atoms with Crippen LogP contribution in [0, 0.1) is 0 Å². The Morgan fingerprint density at radius 1 is 1.09 bits per heavy atom. The minimum absolute atomic E-state index is 0.415. The lowest BCUT2D eigenvalue weighted by Gasteiger charge is -2.24. The van der Waals surface area contributed by atoms with Crippen LogP contribution in [0.4, 0.5) is 11.5 Å². The number of aromatic nitrogens is 3. The number of hydrogen-bond donors (Lipinski definition) is 3. The lowest BCUT2D eigenvalue weighted by molar-refractivity contribution is -0.109. The number of piperidine rings is 1. The molecule has 3 N–H and O–H groups in total. The summed E-state index contributed by atoms with van der Waals surface area (Å²) in [5, 5.41) is 9.94. The molecule has 8 heteroatoms. The lowest BCUT2D eigenvalue weighted by atomic mass is 9.90. The van der Waals surface area contributed by atoms with Gasteiger partial charge < -0.3 is 25.5 Å². The van der Waals surface area contributed by atoms with Crippen molar-refractivity contribution in [3.05, 3.63) is 65.6 Å². The molecule has 2 aliphatic rings. The van der Waals surface area contributed by atoms with Gasteiger partial charge >= 0.3 is 0 Å². The van der Waals surface area contributed by atoms with Crippen molar-refractivity contribution in [2.24, 2.45) is 0 Å². The highest BCUT2D eigenvalue weighted by molar-refractivity contribution is 5.79. The normalized spacial score (nSPS) is 17.7. The third kappa shape index (κ3) is 4.42. The van der Waals surface area contributed by atoms with Crippen molar-refractivity contribution in [3.63, 3.8) is 0 Å². The molecule has 2 aromatic heterocycles. The molecule has 1 unspecified atom stereocenters. The van der Waals surface area contributed by atoms with Gasteiger partial charge in [0.2, 0.25) is 5.88 Å². The molecular weight excluding hydrogens is 416 g/mol. The van der Waals surface area contributed by atoms with Crippen molar-refractivity contribution < 1.29 is 9.53 Å². The van der Waals surface area contributed by atoms with Gasteiger partial charge in [-0.2, -0.15) is 0 Å². The van der Waals surface area contributed by atoms with E-state index in [2.05, 4.69) is 50.2 Å². The smallest absolute Gasteiger partial charge is 0.232 e. The zero-order valence-corrected chi connectivity index (χ0v) is 18.4. The standard InChI is InChI=1S/C25H26N6O2/c1-33-23-14-27-13-21(30-23)20-12-18-8-11-28-22(15-32)24(18)25(31-20)29-19-4-2-16(3-5-19)17-6-9-26-10-7-17/h2-5,8,11-15,17,22,26,28H,6-7,9-10H2,1H3,(H,29,31). The Kier molecular flexibility index (Phi) is 5.99. The Bertz CT molecular complexity index is 1170. The van der Waals surface area contributed by atoms with Gasteiger partial charge in [0.25, 0.3) is 0 Å². The second-order valence-corrected chi connectivity index (χ2v) is 8.19. The molecule has 8 nitrogen and oxygen atoms in total. The van der Waals surface area contributed by atoms with Crippen LogP contribution in [0.15, 0.2) is 48.9 Å². The van der Waals surface area contributed by atoms with E-state index in [0.29, 0.717) is 29.0 Å². The Hall–Kier alpha value is -3.78. The minimum atomic E-state index is -0.487. The summed E-state index contributed by atoms with van der Waals surface area (Å²) in [7, 11) is 1.55. The molecule has 33 heavy (non-hydrogen) atoms. The number of nitrogens with one attached hydrogen (secondary N) is 3. The zero-order chi connectivity index (χ0) is 22.6. The van der Waals surface area contributed by atoms with E-state index in [9.17, 15) is 4.79 Å². The number of rotatable bonds is 6. The monoisotopic (exact) mass is 442 g/mol. The largest absolute Gasteiger partial charge is 0.480 e. The molecule has 5 rings (SSSR count). The molecule has 1 saturated heterocycles. The molecular formula is C25H26N6O2. The third-order valence-corrected chi connectivity index (χ3v) is 6.14. The molecule has 4 heterocycles. The van der Waals surface area contributed by atoms with Crippen LogP contribution in [0.3, 0.4) is 0 Å². The number of carbonyl (C=O) groups is 1. The highest BCUT2D eigenvalue weighted by atomic mass is 16.5. The van der Waals surface area contributed by atoms with Crippen LogP contribution in [-0.4, -0.2) is 41.4 Å². The summed E-state index contributed by atoms with van der Waals surface area (Å²) in [6, 6.07) is 9.93. The topological polar surface area (TPSA) is 101 Å². The highest BCUT2D eigenvalue weighted by Gasteiger charge is 2.23. The number of pyridine rings is 1. The van der Waals surface area contributed by atoms with Gasteiger partial charge in [0, 0.05) is 11.3 Å². The maximum absolute atomic E-state index is 11.8. The maximum atomic E-state index is 11.8. The number of benzene rings is 1. The highest BCUT2D eigenvalue weighted by Crippen LogP contribution is 2.34. The van der Waals surface area contributed by atoms with E-state index in [4.69, 9.17) is 9.72 Å². The molecule has 1 aromatic carbocycles. The Balaban J connectivity index is 1.51. The number of methoxy groups -OCH3 is 1. The molecule has 0 amide bonds. The quantitative estimate of drug-likeness (QED) is 0.498. The first-order valence-electron chi connectivity index (χ1n) is 11.1. The zero-order valence-electron chi connectivity index (χ0n) is 18.4. The Morgan fingerprint density at radius 2 is 1.91 bits per heavy atom. The number of ether oxygens (including phenoxy) is 1. The molecule has 0 saturated carbocycles. The van der Waals surface area contributed by atoms with Crippen LogP contribution in [-0.2, 0) is 4.79 Å². The SMILES string of the molecule is COc1cncc(-c2cc3c(c(Nc4ccc(C5CCNCC5)cc4)n2)C(C=O)NC=C3)n1. The second-order valence-electron chi connectivity index (χ2n) is 8.19. The van der Waals surface area contributed by atoms with Crippen LogP contribution in [0.1, 0.15) is 41.5 Å². The average Bonchev–Trinajstić information content (AvgIpc) is 2.89. The third-order valence-electron chi connectivity index (χ3n) is 6.14. The second kappa shape index (κ2) is 9.38. The van der Waals surface area contributed by atoms with Crippen molar-refractivity contribution in [1.29, 1.82) is 0 Å². The van der Waals surface area contributed by atoms with Crippen molar-refractivity contribution in [1.82, 2.24) is 25.6 Å². The Labute approximate surface area is 192 Å². The first-order chi connectivity index (χ1) is 16.2. The van der Waals surface area contributed by atoms with Crippen LogP contribution < -0.4 is 20.7 Å². The van der Waals surface area contributed by atoms with E-state index >= 15 is 0 Å². The summed E-state index contributed by atoms with van der Waals surface area (Å²) in [6.07, 6.45) is 10.1. The number of anilines is 2. The van der Waals surface area contributed by atoms with Crippen LogP contribution in [0.2, 0.25) is 0 Å². The number of nitrogens with zero attached hydrogens (tertiary/aromatic N) is 3. The van der Waals surface area contributed by atoms with Gasteiger partial charge in [-0.15, -0.1) is 0 Å². The van der Waals surface area contributed by atoms with Crippen molar-refractivity contribution in [3.8, 4) is 17.3 Å². The number of aldehydes is 1. The van der Waals surface area contributed by atoms with E-state index in [-0.39, 0.29) is 0 Å². The molecule has 0 aliphatic carbocycles. The molecule has 168 valence electrons. The van der Waals surface area contributed by atoms with Crippen LogP contribution >= 0.6 is 0 Å². The van der Waals surface area contributed by atoms with Crippen molar-refractivity contribution in [2.45, 2.75) is 24.8 Å². The fourth-order valence-corrected chi connectivity index (χ4v) is 4.40. The molecule has 0 bridgehead atoms. The molecule has 1 atom stereocenters. The van der Waals surface area contributed by atoms with Gasteiger partial charge in [0.1, 0.15) is 23.8 Å². The summed E-state index contributed by atoms with van der Waals surface area (Å²) in [6.45, 7) is 2.13. The summed E-state index contributed by atoms with van der Waals surface area (Å²) >= 11 is 0. The lowest BCUT2D eigenvalue weighted by Crippen LogP contribution is -2.26. The van der Waals surface area contributed by atoms with E-state index in [1.807, 2.05) is 12.1 Å². The number of fused-ring (bicyclic) bond motifs is 1. The van der Waals surface area contributed by atoms with Crippen LogP contribution in [0.25, 0.3) is 17.5 Å². The average molecular weight is 443 g/mol. The molecule has 0 spiro atoms. The Morgan fingerprint density at radius 3 is 2.67 bits per heavy atom. The van der Waals surface area contributed by atoms with Crippen molar-refractivity contribution in [2.75, 3.05) is 25.5 Å². The predicted molar refractivity (Wildman–Crippen MR) is 127 cm³/mol. The number of carbonyl (C=O) groups excluding carboxylic acids is 1. The van der Waals surface area contributed by atoms with E-state index < -0.39 is 6.04 Å². The fourth-order valence-electron chi connectivity index (χ4n) is 4.40. The van der Waals surface area contributed by atoms with Gasteiger partial charge in [0.05, 0.1) is 25.2 Å². The van der Waals surface area contributed by atoms with E-state index in [1.165, 1.54) is 5.56 Å². The van der Waals surface area contributed by atoms with Crippen molar-refractivity contribution >= 4 is 23.9 Å². The summed E-state index contributed by atoms with van der Waals surface area (Å²) < 4.78 is 5.22. The summed E-state index contributed by atoms with van der Waals surface area (Å²) in [5.74, 6) is 1.61.